The van der Waals surface area contributed by atoms with Crippen LogP contribution in [0.3, 0.4) is 0 Å². The highest BCUT2D eigenvalue weighted by Crippen LogP contribution is 2.27. The Labute approximate surface area is 169 Å². The van der Waals surface area contributed by atoms with E-state index in [1.165, 1.54) is 4.90 Å². The zero-order valence-corrected chi connectivity index (χ0v) is 16.8. The number of hydrogen-bond acceptors (Lipinski definition) is 4. The van der Waals surface area contributed by atoms with Crippen LogP contribution in [-0.2, 0) is 13.1 Å². The second-order valence-corrected chi connectivity index (χ2v) is 7.24. The summed E-state index contributed by atoms with van der Waals surface area (Å²) in [5.74, 6) is 1.56. The zero-order valence-electron chi connectivity index (χ0n) is 16.8. The van der Waals surface area contributed by atoms with E-state index in [-0.39, 0.29) is 5.63 Å². The number of benzene rings is 3. The number of hydrogen-bond donors (Lipinski definition) is 1. The monoisotopic (exact) mass is 390 g/mol. The van der Waals surface area contributed by atoms with E-state index >= 15 is 0 Å². The van der Waals surface area contributed by atoms with Gasteiger partial charge in [0.05, 0.1) is 21.3 Å². The molecule has 0 saturated heterocycles. The number of quaternary nitrogens is 1. The predicted octanol–water partition coefficient (Wildman–Crippen LogP) is 3.18. The third-order valence-electron chi connectivity index (χ3n) is 5.19. The average molecular weight is 390 g/mol. The largest absolute Gasteiger partial charge is 0.497 e. The molecule has 0 aliphatic carbocycles. The van der Waals surface area contributed by atoms with Crippen LogP contribution in [0.5, 0.6) is 11.5 Å². The molecule has 4 aromatic rings. The Morgan fingerprint density at radius 2 is 1.69 bits per heavy atom. The first-order chi connectivity index (χ1) is 14.1. The molecule has 0 aliphatic heterocycles. The van der Waals surface area contributed by atoms with Gasteiger partial charge in [0.2, 0.25) is 0 Å². The van der Waals surface area contributed by atoms with Gasteiger partial charge in [0.25, 0.3) is 0 Å². The second kappa shape index (κ2) is 7.97. The fraction of sp³-hybridized carbons (Fsp3) is 0.208. The summed E-state index contributed by atoms with van der Waals surface area (Å²) in [7, 11) is 5.41. The number of methoxy groups -OCH3 is 2. The Morgan fingerprint density at radius 1 is 0.897 bits per heavy atom. The highest BCUT2D eigenvalue weighted by molar-refractivity contribution is 6.06. The van der Waals surface area contributed by atoms with Crippen LogP contribution < -0.4 is 20.0 Å². The first kappa shape index (κ1) is 19.0. The van der Waals surface area contributed by atoms with Gasteiger partial charge in [-0.1, -0.05) is 30.3 Å². The maximum absolute atomic E-state index is 12.1. The molecule has 5 heteroatoms. The van der Waals surface area contributed by atoms with Crippen molar-refractivity contribution >= 4 is 21.7 Å². The van der Waals surface area contributed by atoms with Crippen molar-refractivity contribution in [3.63, 3.8) is 0 Å². The summed E-state index contributed by atoms with van der Waals surface area (Å²) in [5, 5.41) is 3.23. The minimum Gasteiger partial charge on any atom is -0.497 e. The van der Waals surface area contributed by atoms with Crippen molar-refractivity contribution in [2.45, 2.75) is 13.1 Å². The minimum atomic E-state index is -0.322. The van der Waals surface area contributed by atoms with Crippen LogP contribution in [0.1, 0.15) is 11.1 Å². The molecule has 0 amide bonds. The van der Waals surface area contributed by atoms with E-state index in [1.807, 2.05) is 42.5 Å². The fourth-order valence-electron chi connectivity index (χ4n) is 3.87. The van der Waals surface area contributed by atoms with Gasteiger partial charge in [0, 0.05) is 28.6 Å². The van der Waals surface area contributed by atoms with E-state index in [2.05, 4.69) is 19.2 Å². The molecule has 1 aromatic heterocycles. The van der Waals surface area contributed by atoms with E-state index in [4.69, 9.17) is 13.9 Å². The van der Waals surface area contributed by atoms with Gasteiger partial charge in [-0.15, -0.1) is 0 Å². The Kier molecular flexibility index (Phi) is 5.23. The lowest BCUT2D eigenvalue weighted by Crippen LogP contribution is -3.06. The van der Waals surface area contributed by atoms with Crippen molar-refractivity contribution in [3.8, 4) is 11.5 Å². The lowest BCUT2D eigenvalue weighted by Gasteiger charge is -2.17. The molecule has 29 heavy (non-hydrogen) atoms. The third-order valence-corrected chi connectivity index (χ3v) is 5.19. The molecule has 1 N–H and O–H groups in total. The van der Waals surface area contributed by atoms with Crippen LogP contribution >= 0.6 is 0 Å². The summed E-state index contributed by atoms with van der Waals surface area (Å²) in [6, 6.07) is 19.5. The molecule has 0 saturated carbocycles. The predicted molar refractivity (Wildman–Crippen MR) is 114 cm³/mol. The maximum Gasteiger partial charge on any atom is 0.336 e. The summed E-state index contributed by atoms with van der Waals surface area (Å²) in [6.45, 7) is 1.44. The molecule has 3 aromatic carbocycles. The molecule has 148 valence electrons. The fourth-order valence-corrected chi connectivity index (χ4v) is 3.87. The molecule has 5 nitrogen and oxygen atoms in total. The van der Waals surface area contributed by atoms with E-state index in [1.54, 1.807) is 20.3 Å². The van der Waals surface area contributed by atoms with Gasteiger partial charge in [-0.3, -0.25) is 0 Å². The van der Waals surface area contributed by atoms with Crippen molar-refractivity contribution in [2.24, 2.45) is 0 Å². The van der Waals surface area contributed by atoms with Gasteiger partial charge in [0.1, 0.15) is 30.2 Å². The van der Waals surface area contributed by atoms with Crippen LogP contribution in [0.25, 0.3) is 21.7 Å². The number of fused-ring (bicyclic) bond motifs is 3. The van der Waals surface area contributed by atoms with Crippen LogP contribution in [0.15, 0.2) is 69.9 Å². The zero-order chi connectivity index (χ0) is 20.4. The van der Waals surface area contributed by atoms with Crippen LogP contribution in [0.4, 0.5) is 0 Å². The van der Waals surface area contributed by atoms with Crippen molar-refractivity contribution in [3.05, 3.63) is 82.2 Å². The molecule has 0 radical (unpaired) electrons. The molecule has 0 bridgehead atoms. The van der Waals surface area contributed by atoms with Gasteiger partial charge < -0.3 is 18.8 Å². The summed E-state index contributed by atoms with van der Waals surface area (Å²) in [6.07, 6.45) is 0. The molecule has 0 aliphatic rings. The normalized spacial score (nSPS) is 12.2. The number of ether oxygens (including phenoxy) is 2. The summed E-state index contributed by atoms with van der Waals surface area (Å²) in [4.78, 5) is 13.4. The van der Waals surface area contributed by atoms with Crippen molar-refractivity contribution < 1.29 is 18.8 Å². The van der Waals surface area contributed by atoms with E-state index in [0.29, 0.717) is 12.1 Å². The number of nitrogens with one attached hydrogen (secondary N) is 1. The highest BCUT2D eigenvalue weighted by Gasteiger charge is 2.15. The molecule has 1 unspecified atom stereocenters. The first-order valence-electron chi connectivity index (χ1n) is 9.55. The molecular formula is C24H24NO4+. The average Bonchev–Trinajstić information content (AvgIpc) is 2.73. The Bertz CT molecular complexity index is 1230. The second-order valence-electron chi connectivity index (χ2n) is 7.24. The minimum absolute atomic E-state index is 0.322. The van der Waals surface area contributed by atoms with Gasteiger partial charge in [-0.05, 0) is 29.0 Å². The highest BCUT2D eigenvalue weighted by atomic mass is 16.5. The molecule has 1 atom stereocenters. The van der Waals surface area contributed by atoms with E-state index in [0.717, 1.165) is 45.3 Å². The third kappa shape index (κ3) is 3.82. The summed E-state index contributed by atoms with van der Waals surface area (Å²) in [5.41, 5.74) is 2.37. The SMILES string of the molecule is COc1ccc(C[NH+](C)Cc2cc(=O)oc3ccc4ccccc4c23)c(OC)c1. The van der Waals surface area contributed by atoms with Crippen LogP contribution in [-0.4, -0.2) is 21.3 Å². The Balaban J connectivity index is 1.71. The lowest BCUT2D eigenvalue weighted by atomic mass is 10.0. The maximum atomic E-state index is 12.1. The topological polar surface area (TPSA) is 53.1 Å². The van der Waals surface area contributed by atoms with E-state index < -0.39 is 0 Å². The molecule has 0 fully saturated rings. The Morgan fingerprint density at radius 3 is 2.48 bits per heavy atom. The van der Waals surface area contributed by atoms with Gasteiger partial charge >= 0.3 is 5.63 Å². The number of rotatable bonds is 6. The Hall–Kier alpha value is -3.31. The quantitative estimate of drug-likeness (QED) is 0.406. The lowest BCUT2D eigenvalue weighted by molar-refractivity contribution is -0.907. The van der Waals surface area contributed by atoms with Gasteiger partial charge in [-0.2, -0.15) is 0 Å². The van der Waals surface area contributed by atoms with Crippen molar-refractivity contribution in [1.29, 1.82) is 0 Å². The summed E-state index contributed by atoms with van der Waals surface area (Å²) >= 11 is 0. The molecule has 4 rings (SSSR count). The van der Waals surface area contributed by atoms with Crippen molar-refractivity contribution in [2.75, 3.05) is 21.3 Å². The van der Waals surface area contributed by atoms with Gasteiger partial charge in [-0.25, -0.2) is 4.79 Å². The van der Waals surface area contributed by atoms with Gasteiger partial charge in [0.15, 0.2) is 0 Å². The first-order valence-corrected chi connectivity index (χ1v) is 9.55. The smallest absolute Gasteiger partial charge is 0.336 e. The van der Waals surface area contributed by atoms with E-state index in [9.17, 15) is 4.79 Å². The standard InChI is InChI=1S/C24H23NO4/c1-25(14-17-8-10-19(27-2)13-22(17)28-3)15-18-12-23(26)29-21-11-9-16-6-4-5-7-20(16)24(18)21/h4-13H,14-15H2,1-3H3/p+1. The van der Waals surface area contributed by atoms with Crippen LogP contribution in [0, 0.1) is 0 Å². The molecule has 0 spiro atoms. The van der Waals surface area contributed by atoms with Crippen molar-refractivity contribution in [1.82, 2.24) is 0 Å². The van der Waals surface area contributed by atoms with Crippen LogP contribution in [0.2, 0.25) is 0 Å². The molecular weight excluding hydrogens is 366 g/mol. The summed E-state index contributed by atoms with van der Waals surface area (Å²) < 4.78 is 16.3. The molecule has 1 heterocycles.